The second-order valence-electron chi connectivity index (χ2n) is 6.19. The van der Waals surface area contributed by atoms with Crippen LogP contribution in [0.5, 0.6) is 0 Å². The molecular formula is C20H21ClO2. The molecule has 1 saturated carbocycles. The molecule has 0 heterocycles. The highest BCUT2D eigenvalue weighted by Gasteiger charge is 2.21. The van der Waals surface area contributed by atoms with Gasteiger partial charge in [0.2, 0.25) is 0 Å². The van der Waals surface area contributed by atoms with Gasteiger partial charge in [-0.2, -0.15) is 0 Å². The molecule has 0 bridgehead atoms. The van der Waals surface area contributed by atoms with Crippen molar-refractivity contribution in [1.29, 1.82) is 0 Å². The van der Waals surface area contributed by atoms with Crippen LogP contribution >= 0.6 is 11.6 Å². The van der Waals surface area contributed by atoms with E-state index in [2.05, 4.69) is 18.2 Å². The highest BCUT2D eigenvalue weighted by atomic mass is 35.5. The number of hydrogen-bond donors (Lipinski definition) is 1. The lowest BCUT2D eigenvalue weighted by molar-refractivity contribution is 0.0904. The first-order chi connectivity index (χ1) is 11.2. The van der Waals surface area contributed by atoms with Crippen molar-refractivity contribution in [1.82, 2.24) is 0 Å². The Balaban J connectivity index is 2.10. The molecule has 3 heteroatoms. The summed E-state index contributed by atoms with van der Waals surface area (Å²) in [6.45, 7) is -0.501. The Morgan fingerprint density at radius 3 is 2.52 bits per heavy atom. The quantitative estimate of drug-likeness (QED) is 0.780. The molecule has 3 rings (SSSR count). The largest absolute Gasteiger partial charge is 0.388 e. The zero-order chi connectivity index (χ0) is 16.2. The molecule has 0 aliphatic heterocycles. The third-order valence-electron chi connectivity index (χ3n) is 4.72. The van der Waals surface area contributed by atoms with E-state index in [1.807, 2.05) is 18.2 Å². The van der Waals surface area contributed by atoms with Crippen LogP contribution in [0.15, 0.2) is 42.5 Å². The minimum atomic E-state index is -0.501. The van der Waals surface area contributed by atoms with Gasteiger partial charge in [0, 0.05) is 10.6 Å². The normalized spacial score (nSPS) is 15.6. The second-order valence-corrected chi connectivity index (χ2v) is 6.63. The van der Waals surface area contributed by atoms with Crippen LogP contribution in [0.25, 0.3) is 11.1 Å². The predicted molar refractivity (Wildman–Crippen MR) is 94.1 cm³/mol. The zero-order valence-electron chi connectivity index (χ0n) is 13.1. The van der Waals surface area contributed by atoms with Gasteiger partial charge in [0.15, 0.2) is 5.78 Å². The number of aliphatic hydroxyl groups excluding tert-OH is 1. The molecule has 2 aromatic carbocycles. The summed E-state index contributed by atoms with van der Waals surface area (Å²) in [5, 5.41) is 9.79. The third-order valence-corrected chi connectivity index (χ3v) is 4.96. The van der Waals surface area contributed by atoms with Gasteiger partial charge in [-0.05, 0) is 47.6 Å². The van der Waals surface area contributed by atoms with Crippen LogP contribution in [-0.2, 0) is 0 Å². The number of carbonyl (C=O) groups is 1. The van der Waals surface area contributed by atoms with Gasteiger partial charge in [0.25, 0.3) is 0 Å². The number of halogens is 1. The lowest BCUT2D eigenvalue weighted by Crippen LogP contribution is -2.09. The zero-order valence-corrected chi connectivity index (χ0v) is 13.9. The van der Waals surface area contributed by atoms with Crippen LogP contribution in [0.1, 0.15) is 53.9 Å². The maximum atomic E-state index is 12.1. The molecule has 0 amide bonds. The molecule has 23 heavy (non-hydrogen) atoms. The molecule has 1 aliphatic carbocycles. The van der Waals surface area contributed by atoms with E-state index >= 15 is 0 Å². The molecule has 0 unspecified atom stereocenters. The van der Waals surface area contributed by atoms with Crippen LogP contribution in [-0.4, -0.2) is 17.5 Å². The molecular weight excluding hydrogens is 308 g/mol. The Kier molecular flexibility index (Phi) is 5.14. The molecule has 1 fully saturated rings. The van der Waals surface area contributed by atoms with Crippen molar-refractivity contribution in [2.75, 3.05) is 6.61 Å². The van der Waals surface area contributed by atoms with Crippen molar-refractivity contribution in [2.45, 2.75) is 38.0 Å². The summed E-state index contributed by atoms with van der Waals surface area (Å²) in [6.07, 6.45) is 6.25. The summed E-state index contributed by atoms with van der Waals surface area (Å²) >= 11 is 6.06. The minimum absolute atomic E-state index is 0.291. The third kappa shape index (κ3) is 3.49. The van der Waals surface area contributed by atoms with E-state index < -0.39 is 6.61 Å². The maximum Gasteiger partial charge on any atom is 0.188 e. The van der Waals surface area contributed by atoms with E-state index in [9.17, 15) is 9.90 Å². The summed E-state index contributed by atoms with van der Waals surface area (Å²) in [4.78, 5) is 12.1. The number of benzene rings is 2. The summed E-state index contributed by atoms with van der Waals surface area (Å²) in [6, 6.07) is 13.7. The number of rotatable bonds is 4. The van der Waals surface area contributed by atoms with Crippen LogP contribution in [0.4, 0.5) is 0 Å². The molecule has 2 nitrogen and oxygen atoms in total. The van der Waals surface area contributed by atoms with E-state index in [0.717, 1.165) is 11.1 Å². The molecule has 2 aromatic rings. The van der Waals surface area contributed by atoms with Gasteiger partial charge in [0.05, 0.1) is 0 Å². The fourth-order valence-electron chi connectivity index (χ4n) is 3.58. The molecule has 0 radical (unpaired) electrons. The molecule has 1 N–H and O–H groups in total. The Morgan fingerprint density at radius 1 is 1.04 bits per heavy atom. The second kappa shape index (κ2) is 7.29. The van der Waals surface area contributed by atoms with Gasteiger partial charge in [-0.25, -0.2) is 0 Å². The lowest BCUT2D eigenvalue weighted by atomic mass is 9.80. The molecule has 0 saturated heterocycles. The average Bonchev–Trinajstić information content (AvgIpc) is 2.62. The van der Waals surface area contributed by atoms with E-state index in [1.165, 1.54) is 37.7 Å². The van der Waals surface area contributed by atoms with Crippen molar-refractivity contribution in [3.05, 3.63) is 58.6 Å². The smallest absolute Gasteiger partial charge is 0.188 e. The van der Waals surface area contributed by atoms with E-state index in [0.29, 0.717) is 16.5 Å². The Bertz CT molecular complexity index is 703. The van der Waals surface area contributed by atoms with E-state index in [1.54, 1.807) is 6.07 Å². The molecule has 120 valence electrons. The summed E-state index contributed by atoms with van der Waals surface area (Å²) in [7, 11) is 0. The van der Waals surface area contributed by atoms with Crippen molar-refractivity contribution in [2.24, 2.45) is 0 Å². The minimum Gasteiger partial charge on any atom is -0.388 e. The number of aliphatic hydroxyl groups is 1. The van der Waals surface area contributed by atoms with Gasteiger partial charge < -0.3 is 5.11 Å². The van der Waals surface area contributed by atoms with Gasteiger partial charge in [-0.1, -0.05) is 61.2 Å². The van der Waals surface area contributed by atoms with Gasteiger partial charge >= 0.3 is 0 Å². The van der Waals surface area contributed by atoms with Gasteiger partial charge in [-0.3, -0.25) is 4.79 Å². The molecule has 0 spiro atoms. The number of ketones is 1. The number of Topliss-reactive ketones (excluding diaryl/α,β-unsaturated/α-hetero) is 1. The standard InChI is InChI=1S/C20H21ClO2/c21-15-10-11-18(19(12-15)20(23)13-22)17-9-5-4-8-16(17)14-6-2-1-3-7-14/h4-5,8-12,14,22H,1-3,6-7,13H2. The maximum absolute atomic E-state index is 12.1. The first-order valence-electron chi connectivity index (χ1n) is 8.23. The Morgan fingerprint density at radius 2 is 1.78 bits per heavy atom. The molecule has 0 atom stereocenters. The Hall–Kier alpha value is -1.64. The summed E-state index contributed by atoms with van der Waals surface area (Å²) in [5.41, 5.74) is 3.77. The first-order valence-corrected chi connectivity index (χ1v) is 8.61. The van der Waals surface area contributed by atoms with Crippen molar-refractivity contribution >= 4 is 17.4 Å². The summed E-state index contributed by atoms with van der Waals surface area (Å²) < 4.78 is 0. The fraction of sp³-hybridized carbons (Fsp3) is 0.350. The van der Waals surface area contributed by atoms with E-state index in [-0.39, 0.29) is 5.78 Å². The van der Waals surface area contributed by atoms with Crippen LogP contribution in [0, 0.1) is 0 Å². The average molecular weight is 329 g/mol. The first kappa shape index (κ1) is 16.2. The summed E-state index contributed by atoms with van der Waals surface area (Å²) in [5.74, 6) is 0.258. The van der Waals surface area contributed by atoms with Crippen molar-refractivity contribution in [3.8, 4) is 11.1 Å². The fourth-order valence-corrected chi connectivity index (χ4v) is 3.75. The molecule has 0 aromatic heterocycles. The monoisotopic (exact) mass is 328 g/mol. The van der Waals surface area contributed by atoms with Crippen LogP contribution in [0.3, 0.4) is 0 Å². The highest BCUT2D eigenvalue weighted by Crippen LogP contribution is 2.39. The Labute approximate surface area is 142 Å². The van der Waals surface area contributed by atoms with Gasteiger partial charge in [-0.15, -0.1) is 0 Å². The van der Waals surface area contributed by atoms with Crippen LogP contribution in [0.2, 0.25) is 5.02 Å². The highest BCUT2D eigenvalue weighted by molar-refractivity contribution is 6.31. The number of carbonyl (C=O) groups excluding carboxylic acids is 1. The lowest BCUT2D eigenvalue weighted by Gasteiger charge is -2.25. The van der Waals surface area contributed by atoms with Crippen molar-refractivity contribution in [3.63, 3.8) is 0 Å². The topological polar surface area (TPSA) is 37.3 Å². The number of hydrogen-bond acceptors (Lipinski definition) is 2. The van der Waals surface area contributed by atoms with Gasteiger partial charge in [0.1, 0.15) is 6.61 Å². The predicted octanol–water partition coefficient (Wildman–Crippen LogP) is 5.23. The molecule has 1 aliphatic rings. The SMILES string of the molecule is O=C(CO)c1cc(Cl)ccc1-c1ccccc1C1CCCCC1. The van der Waals surface area contributed by atoms with Crippen molar-refractivity contribution < 1.29 is 9.90 Å². The van der Waals surface area contributed by atoms with E-state index in [4.69, 9.17) is 11.6 Å². The van der Waals surface area contributed by atoms with Crippen LogP contribution < -0.4 is 0 Å².